The first-order valence-electron chi connectivity index (χ1n) is 14.9. The molecule has 0 fully saturated rings. The first-order chi connectivity index (χ1) is 20.6. The summed E-state index contributed by atoms with van der Waals surface area (Å²) in [4.78, 5) is 28.9. The molecule has 0 aliphatic heterocycles. The Bertz CT molecular complexity index is 1490. The summed E-state index contributed by atoms with van der Waals surface area (Å²) in [5.41, 5.74) is 7.23. The van der Waals surface area contributed by atoms with Gasteiger partial charge in [-0.3, -0.25) is 9.59 Å². The highest BCUT2D eigenvalue weighted by molar-refractivity contribution is 5.96. The van der Waals surface area contributed by atoms with Crippen LogP contribution in [0.25, 0.3) is 11.0 Å². The Morgan fingerprint density at radius 3 is 2.44 bits per heavy atom. The Balaban J connectivity index is 1.75. The SMILES string of the molecule is CCCN(CCC)C(=O)C1([C@H](Cc2cc(F)cc(F)c2)[C@@H](O)CNCc2coc3ccccc23)C=C(C)C=C(C(N)=O)C1. The highest BCUT2D eigenvalue weighted by Crippen LogP contribution is 2.46. The first-order valence-corrected chi connectivity index (χ1v) is 14.9. The maximum Gasteiger partial charge on any atom is 0.244 e. The van der Waals surface area contributed by atoms with Crippen molar-refractivity contribution in [1.82, 2.24) is 10.2 Å². The Kier molecular flexibility index (Phi) is 10.5. The number of hydrogen-bond acceptors (Lipinski definition) is 5. The summed E-state index contributed by atoms with van der Waals surface area (Å²) >= 11 is 0. The Labute approximate surface area is 251 Å². The van der Waals surface area contributed by atoms with Crippen molar-refractivity contribution in [3.63, 3.8) is 0 Å². The van der Waals surface area contributed by atoms with Gasteiger partial charge in [0.1, 0.15) is 17.2 Å². The molecule has 1 unspecified atom stereocenters. The summed E-state index contributed by atoms with van der Waals surface area (Å²) < 4.78 is 34.3. The fourth-order valence-electron chi connectivity index (χ4n) is 6.29. The van der Waals surface area contributed by atoms with Gasteiger partial charge in [-0.1, -0.05) is 49.8 Å². The number of nitrogens with zero attached hydrogens (tertiary/aromatic N) is 1. The number of aliphatic hydroxyl groups is 1. The van der Waals surface area contributed by atoms with Crippen LogP contribution in [0.3, 0.4) is 0 Å². The molecular formula is C34H41F2N3O4. The van der Waals surface area contributed by atoms with E-state index in [2.05, 4.69) is 5.32 Å². The van der Waals surface area contributed by atoms with E-state index < -0.39 is 35.0 Å². The molecule has 3 atom stereocenters. The maximum atomic E-state index is 14.6. The average Bonchev–Trinajstić information content (AvgIpc) is 3.37. The van der Waals surface area contributed by atoms with Gasteiger partial charge in [0.05, 0.1) is 17.8 Å². The van der Waals surface area contributed by atoms with Crippen LogP contribution >= 0.6 is 0 Å². The Morgan fingerprint density at radius 1 is 1.12 bits per heavy atom. The molecule has 4 rings (SSSR count). The summed E-state index contributed by atoms with van der Waals surface area (Å²) in [6.45, 7) is 7.16. The lowest BCUT2D eigenvalue weighted by atomic mass is 9.63. The number of furan rings is 1. The Hall–Kier alpha value is -3.82. The van der Waals surface area contributed by atoms with E-state index in [-0.39, 0.29) is 30.9 Å². The summed E-state index contributed by atoms with van der Waals surface area (Å²) in [6, 6.07) is 10.8. The van der Waals surface area contributed by atoms with Gasteiger partial charge in [0.25, 0.3) is 0 Å². The topological polar surface area (TPSA) is 109 Å². The van der Waals surface area contributed by atoms with Crippen LogP contribution in [0.5, 0.6) is 0 Å². The van der Waals surface area contributed by atoms with Gasteiger partial charge in [0.2, 0.25) is 11.8 Å². The van der Waals surface area contributed by atoms with Gasteiger partial charge in [-0.25, -0.2) is 8.78 Å². The van der Waals surface area contributed by atoms with E-state index in [0.717, 1.165) is 22.6 Å². The molecule has 1 heterocycles. The van der Waals surface area contributed by atoms with Gasteiger partial charge in [0.15, 0.2) is 0 Å². The van der Waals surface area contributed by atoms with Gasteiger partial charge in [0, 0.05) is 54.7 Å². The van der Waals surface area contributed by atoms with E-state index in [1.54, 1.807) is 30.2 Å². The van der Waals surface area contributed by atoms with Crippen LogP contribution in [0.2, 0.25) is 0 Å². The van der Waals surface area contributed by atoms with Gasteiger partial charge in [-0.15, -0.1) is 0 Å². The average molecular weight is 594 g/mol. The van der Waals surface area contributed by atoms with Crippen molar-refractivity contribution in [3.05, 3.63) is 94.8 Å². The molecule has 0 spiro atoms. The minimum atomic E-state index is -1.39. The fraction of sp³-hybridized carbons (Fsp3) is 0.412. The van der Waals surface area contributed by atoms with E-state index in [9.17, 15) is 23.5 Å². The monoisotopic (exact) mass is 593 g/mol. The summed E-state index contributed by atoms with van der Waals surface area (Å²) in [5.74, 6) is -3.26. The molecule has 43 heavy (non-hydrogen) atoms. The number of allylic oxidation sites excluding steroid dienone is 2. The van der Waals surface area contributed by atoms with E-state index in [4.69, 9.17) is 10.2 Å². The quantitative estimate of drug-likeness (QED) is 0.231. The van der Waals surface area contributed by atoms with Gasteiger partial charge < -0.3 is 25.5 Å². The lowest BCUT2D eigenvalue weighted by molar-refractivity contribution is -0.145. The molecule has 0 saturated carbocycles. The molecule has 230 valence electrons. The number of nitrogens with one attached hydrogen (secondary N) is 1. The van der Waals surface area contributed by atoms with Crippen molar-refractivity contribution in [2.75, 3.05) is 19.6 Å². The van der Waals surface area contributed by atoms with E-state index in [1.165, 1.54) is 12.1 Å². The third-order valence-corrected chi connectivity index (χ3v) is 8.09. The molecule has 2 aromatic carbocycles. The molecule has 0 saturated heterocycles. The van der Waals surface area contributed by atoms with Crippen LogP contribution in [0.15, 0.2) is 76.4 Å². The van der Waals surface area contributed by atoms with E-state index in [1.807, 2.05) is 38.1 Å². The number of amides is 2. The highest BCUT2D eigenvalue weighted by Gasteiger charge is 2.50. The lowest BCUT2D eigenvalue weighted by Crippen LogP contribution is -2.54. The predicted octanol–water partition coefficient (Wildman–Crippen LogP) is 5.42. The van der Waals surface area contributed by atoms with E-state index >= 15 is 0 Å². The number of primary amides is 1. The minimum absolute atomic E-state index is 0.0141. The first kappa shape index (κ1) is 32.1. The molecule has 7 nitrogen and oxygen atoms in total. The molecule has 0 radical (unpaired) electrons. The summed E-state index contributed by atoms with van der Waals surface area (Å²) in [7, 11) is 0. The maximum absolute atomic E-state index is 14.6. The van der Waals surface area contributed by atoms with Crippen molar-refractivity contribution in [2.45, 2.75) is 59.1 Å². The standard InChI is InChI=1S/C34H41F2N3O4/c1-4-10-39(11-5-2)33(42)34(17-22(3)12-24(18-34)32(37)41)29(15-23-13-26(35)16-27(36)14-23)30(40)20-38-19-25-21-43-31-9-7-6-8-28(25)31/h6-9,12-14,16-17,21,29-30,38,40H,4-5,10-11,15,18-20H2,1-3H3,(H2,37,41)/t29-,30+,34?/m1/s1. The normalized spacial score (nSPS) is 18.2. The molecule has 9 heteroatoms. The largest absolute Gasteiger partial charge is 0.464 e. The molecule has 1 aliphatic rings. The molecule has 1 aliphatic carbocycles. The van der Waals surface area contributed by atoms with Gasteiger partial charge in [-0.2, -0.15) is 0 Å². The molecule has 1 aromatic heterocycles. The van der Waals surface area contributed by atoms with Crippen molar-refractivity contribution in [2.24, 2.45) is 17.1 Å². The van der Waals surface area contributed by atoms with Crippen LogP contribution in [-0.4, -0.2) is 47.6 Å². The number of halogens is 2. The second-order valence-corrected chi connectivity index (χ2v) is 11.5. The second-order valence-electron chi connectivity index (χ2n) is 11.5. The molecular weight excluding hydrogens is 552 g/mol. The van der Waals surface area contributed by atoms with Crippen LogP contribution in [0, 0.1) is 23.0 Å². The number of aliphatic hydroxyl groups excluding tert-OH is 1. The lowest BCUT2D eigenvalue weighted by Gasteiger charge is -2.45. The molecule has 4 N–H and O–H groups in total. The highest BCUT2D eigenvalue weighted by atomic mass is 19.1. The number of nitrogens with two attached hydrogens (primary N) is 1. The molecule has 3 aromatic rings. The number of rotatable bonds is 14. The third kappa shape index (κ3) is 7.40. The second kappa shape index (κ2) is 14.1. The summed E-state index contributed by atoms with van der Waals surface area (Å²) in [6.07, 6.45) is 5.35. The molecule has 0 bridgehead atoms. The zero-order chi connectivity index (χ0) is 31.1. The number of fused-ring (bicyclic) bond motifs is 1. The van der Waals surface area contributed by atoms with Crippen LogP contribution in [-0.2, 0) is 22.6 Å². The fourth-order valence-corrected chi connectivity index (χ4v) is 6.29. The van der Waals surface area contributed by atoms with Crippen molar-refractivity contribution < 1.29 is 27.9 Å². The third-order valence-electron chi connectivity index (χ3n) is 8.09. The zero-order valence-corrected chi connectivity index (χ0v) is 25.0. The van der Waals surface area contributed by atoms with Crippen LogP contribution in [0.4, 0.5) is 8.78 Å². The number of carbonyl (C=O) groups excluding carboxylic acids is 2. The minimum Gasteiger partial charge on any atom is -0.464 e. The van der Waals surface area contributed by atoms with Crippen molar-refractivity contribution >= 4 is 22.8 Å². The molecule has 2 amide bonds. The number of hydrogen-bond donors (Lipinski definition) is 3. The van der Waals surface area contributed by atoms with Crippen LogP contribution < -0.4 is 11.1 Å². The smallest absolute Gasteiger partial charge is 0.244 e. The van der Waals surface area contributed by atoms with Gasteiger partial charge >= 0.3 is 0 Å². The number of para-hydroxylation sites is 1. The van der Waals surface area contributed by atoms with Gasteiger partial charge in [-0.05, 0) is 56.4 Å². The van der Waals surface area contributed by atoms with E-state index in [0.29, 0.717) is 43.6 Å². The number of carbonyl (C=O) groups is 2. The Morgan fingerprint density at radius 2 is 1.79 bits per heavy atom. The van der Waals surface area contributed by atoms with Crippen molar-refractivity contribution in [3.8, 4) is 0 Å². The van der Waals surface area contributed by atoms with Crippen LogP contribution in [0.1, 0.15) is 51.2 Å². The predicted molar refractivity (Wildman–Crippen MR) is 163 cm³/mol. The summed E-state index contributed by atoms with van der Waals surface area (Å²) in [5, 5.41) is 16.1. The van der Waals surface area contributed by atoms with Crippen molar-refractivity contribution in [1.29, 1.82) is 0 Å². The number of benzene rings is 2. The zero-order valence-electron chi connectivity index (χ0n) is 25.0.